The monoisotopic (exact) mass is 277 g/mol. The molecule has 0 aliphatic heterocycles. The molecule has 114 valence electrons. The Morgan fingerprint density at radius 2 is 1.90 bits per heavy atom. The Morgan fingerprint density at radius 1 is 1.20 bits per heavy atom. The predicted octanol–water partition coefficient (Wildman–Crippen LogP) is 3.87. The Bertz CT molecular complexity index is 416. The van der Waals surface area contributed by atoms with Gasteiger partial charge in [-0.15, -0.1) is 0 Å². The van der Waals surface area contributed by atoms with Crippen molar-refractivity contribution in [3.05, 3.63) is 17.0 Å². The van der Waals surface area contributed by atoms with Crippen LogP contribution >= 0.6 is 0 Å². The second-order valence-corrected chi connectivity index (χ2v) is 6.13. The number of aromatic nitrogens is 2. The average molecular weight is 277 g/mol. The summed E-state index contributed by atoms with van der Waals surface area (Å²) >= 11 is 0. The van der Waals surface area contributed by atoms with Crippen LogP contribution in [0.5, 0.6) is 0 Å². The number of hydrogen-bond donors (Lipinski definition) is 1. The van der Waals surface area contributed by atoms with Gasteiger partial charge in [0, 0.05) is 23.8 Å². The number of hydrogen-bond acceptors (Lipinski definition) is 2. The molecule has 1 fully saturated rings. The molecule has 0 amide bonds. The van der Waals surface area contributed by atoms with Gasteiger partial charge < -0.3 is 5.32 Å². The highest BCUT2D eigenvalue weighted by atomic mass is 15.3. The van der Waals surface area contributed by atoms with E-state index in [2.05, 4.69) is 37.7 Å². The summed E-state index contributed by atoms with van der Waals surface area (Å²) < 4.78 is 2.33. The molecule has 1 N–H and O–H groups in total. The van der Waals surface area contributed by atoms with Gasteiger partial charge in [0.15, 0.2) is 0 Å². The fourth-order valence-electron chi connectivity index (χ4n) is 3.70. The molecule has 1 saturated carbocycles. The van der Waals surface area contributed by atoms with E-state index in [9.17, 15) is 0 Å². The van der Waals surface area contributed by atoms with E-state index in [-0.39, 0.29) is 0 Å². The van der Waals surface area contributed by atoms with Crippen molar-refractivity contribution >= 4 is 0 Å². The van der Waals surface area contributed by atoms with Crippen LogP contribution in [0.15, 0.2) is 0 Å². The zero-order valence-corrected chi connectivity index (χ0v) is 13.7. The zero-order chi connectivity index (χ0) is 14.5. The van der Waals surface area contributed by atoms with Gasteiger partial charge >= 0.3 is 0 Å². The maximum absolute atomic E-state index is 4.94. The lowest BCUT2D eigenvalue weighted by Gasteiger charge is -2.16. The highest BCUT2D eigenvalue weighted by molar-refractivity contribution is 5.30. The molecule has 1 aliphatic rings. The van der Waals surface area contributed by atoms with Gasteiger partial charge in [-0.05, 0) is 45.1 Å². The first kappa shape index (κ1) is 15.6. The Hall–Kier alpha value is -0.830. The third kappa shape index (κ3) is 3.25. The lowest BCUT2D eigenvalue weighted by molar-refractivity contribution is 0.417. The van der Waals surface area contributed by atoms with Crippen molar-refractivity contribution in [1.29, 1.82) is 0 Å². The fourth-order valence-corrected chi connectivity index (χ4v) is 3.70. The first-order chi connectivity index (χ1) is 9.71. The van der Waals surface area contributed by atoms with Crippen LogP contribution in [0, 0.1) is 5.92 Å². The fraction of sp³-hybridized carbons (Fsp3) is 0.824. The molecule has 3 heteroatoms. The van der Waals surface area contributed by atoms with Gasteiger partial charge in [-0.3, -0.25) is 4.68 Å². The first-order valence-corrected chi connectivity index (χ1v) is 8.52. The third-order valence-electron chi connectivity index (χ3n) is 4.69. The van der Waals surface area contributed by atoms with Crippen LogP contribution in [0.3, 0.4) is 0 Å². The Morgan fingerprint density at radius 3 is 2.45 bits per heavy atom. The molecule has 0 spiro atoms. The molecular weight excluding hydrogens is 246 g/mol. The molecule has 1 atom stereocenters. The van der Waals surface area contributed by atoms with Crippen molar-refractivity contribution in [1.82, 2.24) is 15.1 Å². The first-order valence-electron chi connectivity index (χ1n) is 8.52. The van der Waals surface area contributed by atoms with E-state index in [0.29, 0.717) is 6.04 Å². The van der Waals surface area contributed by atoms with Gasteiger partial charge in [-0.2, -0.15) is 5.10 Å². The summed E-state index contributed by atoms with van der Waals surface area (Å²) in [6, 6.07) is 0.419. The molecule has 20 heavy (non-hydrogen) atoms. The summed E-state index contributed by atoms with van der Waals surface area (Å²) in [7, 11) is 0. The molecule has 0 radical (unpaired) electrons. The van der Waals surface area contributed by atoms with Crippen LogP contribution < -0.4 is 5.32 Å². The molecule has 1 heterocycles. The smallest absolute Gasteiger partial charge is 0.0672 e. The van der Waals surface area contributed by atoms with E-state index in [0.717, 1.165) is 31.8 Å². The van der Waals surface area contributed by atoms with Crippen molar-refractivity contribution < 1.29 is 0 Å². The van der Waals surface area contributed by atoms with Crippen LogP contribution in [0.4, 0.5) is 0 Å². The van der Waals surface area contributed by atoms with Crippen LogP contribution in [0.1, 0.15) is 76.4 Å². The van der Waals surface area contributed by atoms with E-state index in [1.54, 1.807) is 0 Å². The maximum atomic E-state index is 4.94. The average Bonchev–Trinajstić information content (AvgIpc) is 3.06. The molecule has 1 aromatic rings. The summed E-state index contributed by atoms with van der Waals surface area (Å²) in [6.07, 6.45) is 7.73. The number of nitrogens with one attached hydrogen (secondary N) is 1. The summed E-state index contributed by atoms with van der Waals surface area (Å²) in [5.74, 6) is 0.854. The van der Waals surface area contributed by atoms with Gasteiger partial charge in [0.1, 0.15) is 0 Å². The zero-order valence-electron chi connectivity index (χ0n) is 13.7. The van der Waals surface area contributed by atoms with Gasteiger partial charge in [-0.25, -0.2) is 0 Å². The van der Waals surface area contributed by atoms with E-state index in [4.69, 9.17) is 5.10 Å². The topological polar surface area (TPSA) is 29.9 Å². The second kappa shape index (κ2) is 7.26. The van der Waals surface area contributed by atoms with Crippen LogP contribution in [0.25, 0.3) is 0 Å². The maximum Gasteiger partial charge on any atom is 0.0672 e. The van der Waals surface area contributed by atoms with Gasteiger partial charge in [0.05, 0.1) is 5.69 Å². The van der Waals surface area contributed by atoms with Crippen molar-refractivity contribution in [2.24, 2.45) is 5.92 Å². The van der Waals surface area contributed by atoms with Crippen molar-refractivity contribution in [2.45, 2.75) is 78.8 Å². The van der Waals surface area contributed by atoms with Gasteiger partial charge in [-0.1, -0.05) is 33.6 Å². The van der Waals surface area contributed by atoms with E-state index >= 15 is 0 Å². The molecule has 2 rings (SSSR count). The number of rotatable bonds is 7. The van der Waals surface area contributed by atoms with Crippen LogP contribution in [0.2, 0.25) is 0 Å². The van der Waals surface area contributed by atoms with Gasteiger partial charge in [0.2, 0.25) is 0 Å². The van der Waals surface area contributed by atoms with Gasteiger partial charge in [0.25, 0.3) is 0 Å². The van der Waals surface area contributed by atoms with E-state index < -0.39 is 0 Å². The Labute approximate surface area is 124 Å². The minimum Gasteiger partial charge on any atom is -0.310 e. The Balaban J connectivity index is 2.26. The quantitative estimate of drug-likeness (QED) is 0.820. The molecule has 1 unspecified atom stereocenters. The minimum absolute atomic E-state index is 0.419. The predicted molar refractivity (Wildman–Crippen MR) is 85.0 cm³/mol. The second-order valence-electron chi connectivity index (χ2n) is 6.13. The van der Waals surface area contributed by atoms with Crippen molar-refractivity contribution in [2.75, 3.05) is 6.54 Å². The largest absolute Gasteiger partial charge is 0.310 e. The minimum atomic E-state index is 0.419. The molecule has 3 nitrogen and oxygen atoms in total. The van der Waals surface area contributed by atoms with Crippen LogP contribution in [-0.4, -0.2) is 16.3 Å². The number of nitrogens with zero attached hydrogens (tertiary/aromatic N) is 2. The van der Waals surface area contributed by atoms with E-state index in [1.807, 2.05) is 0 Å². The van der Waals surface area contributed by atoms with Crippen molar-refractivity contribution in [3.63, 3.8) is 0 Å². The SMILES string of the molecule is CCNC(C)c1c(CC)nn(CC2CCCC2)c1CC. The summed E-state index contributed by atoms with van der Waals surface area (Å²) in [4.78, 5) is 0. The van der Waals surface area contributed by atoms with Crippen molar-refractivity contribution in [3.8, 4) is 0 Å². The lowest BCUT2D eigenvalue weighted by atomic mass is 10.0. The highest BCUT2D eigenvalue weighted by Gasteiger charge is 2.23. The highest BCUT2D eigenvalue weighted by Crippen LogP contribution is 2.29. The van der Waals surface area contributed by atoms with Crippen LogP contribution in [-0.2, 0) is 19.4 Å². The normalized spacial score (nSPS) is 17.8. The molecule has 1 aliphatic carbocycles. The third-order valence-corrected chi connectivity index (χ3v) is 4.69. The standard InChI is InChI=1S/C17H31N3/c1-5-15-17(13(4)18-7-3)16(6-2)20(19-15)12-14-10-8-9-11-14/h13-14,18H,5-12H2,1-4H3. The number of aryl methyl sites for hydroxylation is 1. The lowest BCUT2D eigenvalue weighted by Crippen LogP contribution is -2.20. The molecular formula is C17H31N3. The summed E-state index contributed by atoms with van der Waals surface area (Å²) in [5.41, 5.74) is 4.23. The molecule has 0 saturated heterocycles. The van der Waals surface area contributed by atoms with E-state index in [1.165, 1.54) is 42.6 Å². The Kier molecular flexibility index (Phi) is 5.64. The summed E-state index contributed by atoms with van der Waals surface area (Å²) in [6.45, 7) is 11.1. The summed E-state index contributed by atoms with van der Waals surface area (Å²) in [5, 5.41) is 8.51. The molecule has 0 aromatic carbocycles. The molecule has 1 aromatic heterocycles. The molecule has 0 bridgehead atoms.